The highest BCUT2D eigenvalue weighted by atomic mass is 16.1. The molecular weight excluding hydrogens is 186 g/mol. The summed E-state index contributed by atoms with van der Waals surface area (Å²) in [6.45, 7) is 5.02. The van der Waals surface area contributed by atoms with Gasteiger partial charge in [-0.1, -0.05) is 25.1 Å². The van der Waals surface area contributed by atoms with E-state index in [0.29, 0.717) is 18.2 Å². The number of ketones is 1. The number of anilines is 1. The van der Waals surface area contributed by atoms with Crippen molar-refractivity contribution < 1.29 is 4.79 Å². The maximum absolute atomic E-state index is 11.6. The van der Waals surface area contributed by atoms with Crippen LogP contribution < -0.4 is 4.90 Å². The summed E-state index contributed by atoms with van der Waals surface area (Å²) < 4.78 is 0. The predicted molar refractivity (Wildman–Crippen MR) is 62.0 cm³/mol. The van der Waals surface area contributed by atoms with E-state index in [4.69, 9.17) is 0 Å². The van der Waals surface area contributed by atoms with Crippen molar-refractivity contribution in [3.63, 3.8) is 0 Å². The number of piperidine rings is 1. The smallest absolute Gasteiger partial charge is 0.139 e. The van der Waals surface area contributed by atoms with Crippen molar-refractivity contribution in [2.24, 2.45) is 5.92 Å². The molecule has 0 radical (unpaired) electrons. The number of nitrogens with zero attached hydrogens (tertiary/aromatic N) is 1. The molecule has 2 rings (SSSR count). The molecule has 0 N–H and O–H groups in total. The van der Waals surface area contributed by atoms with Crippen LogP contribution in [-0.4, -0.2) is 18.4 Å². The van der Waals surface area contributed by atoms with Gasteiger partial charge in [0.25, 0.3) is 0 Å². The maximum atomic E-state index is 11.6. The van der Waals surface area contributed by atoms with E-state index in [1.54, 1.807) is 0 Å². The molecule has 1 aromatic carbocycles. The summed E-state index contributed by atoms with van der Waals surface area (Å²) in [5, 5.41) is 0. The number of benzene rings is 1. The molecule has 2 atom stereocenters. The quantitative estimate of drug-likeness (QED) is 0.699. The zero-order valence-corrected chi connectivity index (χ0v) is 9.31. The minimum Gasteiger partial charge on any atom is -0.368 e. The predicted octanol–water partition coefficient (Wildman–Crippen LogP) is 2.49. The van der Waals surface area contributed by atoms with Gasteiger partial charge in [0.05, 0.1) is 0 Å². The number of hydrogen-bond donors (Lipinski definition) is 0. The van der Waals surface area contributed by atoms with Crippen molar-refractivity contribution in [2.45, 2.75) is 26.3 Å². The van der Waals surface area contributed by atoms with Gasteiger partial charge >= 0.3 is 0 Å². The first-order valence-electron chi connectivity index (χ1n) is 5.54. The summed E-state index contributed by atoms with van der Waals surface area (Å²) in [7, 11) is 0. The Kier molecular flexibility index (Phi) is 2.76. The van der Waals surface area contributed by atoms with E-state index < -0.39 is 0 Å². The molecule has 2 heteroatoms. The van der Waals surface area contributed by atoms with Crippen LogP contribution in [0.5, 0.6) is 0 Å². The second-order valence-electron chi connectivity index (χ2n) is 4.27. The Morgan fingerprint density at radius 2 is 1.87 bits per heavy atom. The lowest BCUT2D eigenvalue weighted by Crippen LogP contribution is -2.46. The summed E-state index contributed by atoms with van der Waals surface area (Å²) in [6.07, 6.45) is 0.681. The van der Waals surface area contributed by atoms with Crippen LogP contribution in [0, 0.1) is 5.92 Å². The molecule has 1 aromatic rings. The van der Waals surface area contributed by atoms with Gasteiger partial charge in [-0.3, -0.25) is 4.79 Å². The second kappa shape index (κ2) is 4.05. The summed E-state index contributed by atoms with van der Waals surface area (Å²) in [4.78, 5) is 13.9. The van der Waals surface area contributed by atoms with Crippen molar-refractivity contribution in [3.8, 4) is 0 Å². The molecule has 80 valence electrons. The van der Waals surface area contributed by atoms with Crippen LogP contribution in [0.25, 0.3) is 0 Å². The Morgan fingerprint density at radius 1 is 1.20 bits per heavy atom. The molecule has 1 aliphatic rings. The van der Waals surface area contributed by atoms with Gasteiger partial charge in [-0.15, -0.1) is 0 Å². The fraction of sp³-hybridized carbons (Fsp3) is 0.462. The molecule has 2 nitrogen and oxygen atoms in total. The Hall–Kier alpha value is -1.31. The topological polar surface area (TPSA) is 20.3 Å². The Bertz CT molecular complexity index is 347. The lowest BCUT2D eigenvalue weighted by molar-refractivity contribution is -0.123. The standard InChI is InChI=1S/C13H17NO/c1-10-11(2)14(9-8-13(10)15)12-6-4-3-5-7-12/h3-7,10-11H,8-9H2,1-2H3. The maximum Gasteiger partial charge on any atom is 0.139 e. The third-order valence-corrected chi connectivity index (χ3v) is 3.41. The monoisotopic (exact) mass is 203 g/mol. The van der Waals surface area contributed by atoms with Crippen LogP contribution in [0.2, 0.25) is 0 Å². The number of Topliss-reactive ketones (excluding diaryl/α,β-unsaturated/α-hetero) is 1. The lowest BCUT2D eigenvalue weighted by Gasteiger charge is -2.38. The third-order valence-electron chi connectivity index (χ3n) is 3.41. The molecular formula is C13H17NO. The van der Waals surface area contributed by atoms with Crippen LogP contribution >= 0.6 is 0 Å². The van der Waals surface area contributed by atoms with E-state index in [9.17, 15) is 4.79 Å². The number of carbonyl (C=O) groups is 1. The molecule has 1 fully saturated rings. The summed E-state index contributed by atoms with van der Waals surface area (Å²) in [5.41, 5.74) is 1.23. The average Bonchev–Trinajstić information content (AvgIpc) is 2.27. The molecule has 2 unspecified atom stereocenters. The SMILES string of the molecule is CC1C(=O)CCN(c2ccccc2)C1C. The molecule has 1 saturated heterocycles. The first-order chi connectivity index (χ1) is 7.20. The fourth-order valence-corrected chi connectivity index (χ4v) is 2.18. The molecule has 1 aliphatic heterocycles. The molecule has 0 spiro atoms. The minimum atomic E-state index is 0.152. The largest absolute Gasteiger partial charge is 0.368 e. The van der Waals surface area contributed by atoms with Gasteiger partial charge in [-0.25, -0.2) is 0 Å². The van der Waals surface area contributed by atoms with Crippen LogP contribution in [0.1, 0.15) is 20.3 Å². The van der Waals surface area contributed by atoms with Gasteiger partial charge in [0.15, 0.2) is 0 Å². The van der Waals surface area contributed by atoms with Gasteiger partial charge in [-0.05, 0) is 19.1 Å². The molecule has 15 heavy (non-hydrogen) atoms. The van der Waals surface area contributed by atoms with Crippen LogP contribution in [-0.2, 0) is 4.79 Å². The van der Waals surface area contributed by atoms with Gasteiger partial charge in [0.2, 0.25) is 0 Å². The van der Waals surface area contributed by atoms with E-state index in [1.165, 1.54) is 5.69 Å². The van der Waals surface area contributed by atoms with Gasteiger partial charge in [0, 0.05) is 30.6 Å². The highest BCUT2D eigenvalue weighted by molar-refractivity contribution is 5.84. The second-order valence-corrected chi connectivity index (χ2v) is 4.27. The van der Waals surface area contributed by atoms with Crippen molar-refractivity contribution in [2.75, 3.05) is 11.4 Å². The fourth-order valence-electron chi connectivity index (χ4n) is 2.18. The van der Waals surface area contributed by atoms with Crippen molar-refractivity contribution in [1.82, 2.24) is 0 Å². The highest BCUT2D eigenvalue weighted by Gasteiger charge is 2.30. The van der Waals surface area contributed by atoms with E-state index in [1.807, 2.05) is 25.1 Å². The molecule has 0 saturated carbocycles. The summed E-state index contributed by atoms with van der Waals surface area (Å²) >= 11 is 0. The van der Waals surface area contributed by atoms with Gasteiger partial charge in [0.1, 0.15) is 5.78 Å². The summed E-state index contributed by atoms with van der Waals surface area (Å²) in [5.74, 6) is 0.550. The van der Waals surface area contributed by atoms with Crippen LogP contribution in [0.4, 0.5) is 5.69 Å². The van der Waals surface area contributed by atoms with E-state index >= 15 is 0 Å². The number of rotatable bonds is 1. The first kappa shape index (κ1) is 10.2. The average molecular weight is 203 g/mol. The van der Waals surface area contributed by atoms with Crippen LogP contribution in [0.3, 0.4) is 0 Å². The molecule has 0 aliphatic carbocycles. The number of carbonyl (C=O) groups excluding carboxylic acids is 1. The van der Waals surface area contributed by atoms with Crippen molar-refractivity contribution in [3.05, 3.63) is 30.3 Å². The zero-order chi connectivity index (χ0) is 10.8. The van der Waals surface area contributed by atoms with Crippen molar-refractivity contribution >= 4 is 11.5 Å². The van der Waals surface area contributed by atoms with Gasteiger partial charge in [-0.2, -0.15) is 0 Å². The minimum absolute atomic E-state index is 0.152. The zero-order valence-electron chi connectivity index (χ0n) is 9.31. The molecule has 0 amide bonds. The lowest BCUT2D eigenvalue weighted by atomic mass is 9.90. The normalized spacial score (nSPS) is 26.8. The molecule has 0 bridgehead atoms. The summed E-state index contributed by atoms with van der Waals surface area (Å²) in [6, 6.07) is 10.6. The molecule has 0 aromatic heterocycles. The Morgan fingerprint density at radius 3 is 2.53 bits per heavy atom. The van der Waals surface area contributed by atoms with E-state index in [-0.39, 0.29) is 5.92 Å². The first-order valence-corrected chi connectivity index (χ1v) is 5.54. The van der Waals surface area contributed by atoms with Crippen LogP contribution in [0.15, 0.2) is 30.3 Å². The van der Waals surface area contributed by atoms with Gasteiger partial charge < -0.3 is 4.90 Å². The Balaban J connectivity index is 2.21. The van der Waals surface area contributed by atoms with Crippen molar-refractivity contribution in [1.29, 1.82) is 0 Å². The van der Waals surface area contributed by atoms with E-state index in [0.717, 1.165) is 6.54 Å². The molecule has 1 heterocycles. The number of hydrogen-bond acceptors (Lipinski definition) is 2. The number of para-hydroxylation sites is 1. The Labute approximate surface area is 90.9 Å². The third kappa shape index (κ3) is 1.89. The highest BCUT2D eigenvalue weighted by Crippen LogP contribution is 2.26. The van der Waals surface area contributed by atoms with E-state index in [2.05, 4.69) is 24.0 Å².